The summed E-state index contributed by atoms with van der Waals surface area (Å²) in [6.45, 7) is 8.42. The van der Waals surface area contributed by atoms with Crippen molar-refractivity contribution in [2.24, 2.45) is 22.4 Å². The third-order valence-corrected chi connectivity index (χ3v) is 8.94. The molecule has 1 amide bonds. The predicted molar refractivity (Wildman–Crippen MR) is 155 cm³/mol. The number of fused-ring (bicyclic) bond motifs is 4. The third-order valence-electron chi connectivity index (χ3n) is 8.01. The largest absolute Gasteiger partial charge is 0.392 e. The minimum atomic E-state index is -3.04. The first kappa shape index (κ1) is 26.0. The summed E-state index contributed by atoms with van der Waals surface area (Å²) in [6, 6.07) is 13.1. The fourth-order valence-electron chi connectivity index (χ4n) is 5.84. The van der Waals surface area contributed by atoms with E-state index < -0.39 is 5.92 Å². The Morgan fingerprint density at radius 2 is 1.90 bits per heavy atom. The van der Waals surface area contributed by atoms with Crippen LogP contribution in [0.5, 0.6) is 0 Å². The Bertz CT molecular complexity index is 1620. The van der Waals surface area contributed by atoms with Gasteiger partial charge in [0.25, 0.3) is 5.92 Å². The predicted octanol–water partition coefficient (Wildman–Crippen LogP) is 4.95. The van der Waals surface area contributed by atoms with Crippen LogP contribution in [0, 0.1) is 5.92 Å². The molecule has 2 fully saturated rings. The number of nitrogens with zero attached hydrogens (tertiary/aromatic N) is 2. The number of benzene rings is 2. The Labute approximate surface area is 235 Å². The molecule has 3 aliphatic rings. The first-order valence-corrected chi connectivity index (χ1v) is 14.0. The Hall–Kier alpha value is -4.20. The quantitative estimate of drug-likeness (QED) is 0.207. The number of hydrogen-bond donors (Lipinski definition) is 3. The Balaban J connectivity index is 1.13. The van der Waals surface area contributed by atoms with Crippen LogP contribution in [0.2, 0.25) is 0 Å². The number of rotatable bonds is 8. The molecule has 40 heavy (non-hydrogen) atoms. The maximum absolute atomic E-state index is 14.9. The second-order valence-electron chi connectivity index (χ2n) is 10.5. The zero-order valence-electron chi connectivity index (χ0n) is 21.8. The first-order chi connectivity index (χ1) is 19.2. The van der Waals surface area contributed by atoms with Crippen molar-refractivity contribution in [1.82, 2.24) is 10.2 Å². The second-order valence-corrected chi connectivity index (χ2v) is 11.5. The van der Waals surface area contributed by atoms with E-state index >= 15 is 0 Å². The van der Waals surface area contributed by atoms with Crippen molar-refractivity contribution in [3.63, 3.8) is 0 Å². The summed E-state index contributed by atoms with van der Waals surface area (Å²) in [5.41, 5.74) is 18.4. The van der Waals surface area contributed by atoms with Gasteiger partial charge in [0, 0.05) is 44.2 Å². The van der Waals surface area contributed by atoms with Gasteiger partial charge >= 0.3 is 0 Å². The molecule has 1 aromatic heterocycles. The highest BCUT2D eigenvalue weighted by Gasteiger charge is 2.54. The van der Waals surface area contributed by atoms with Crippen LogP contribution >= 0.6 is 11.3 Å². The molecule has 6 rings (SSSR count). The maximum atomic E-state index is 14.9. The number of thiophene rings is 1. The van der Waals surface area contributed by atoms with Gasteiger partial charge in [0.15, 0.2) is 0 Å². The summed E-state index contributed by atoms with van der Waals surface area (Å²) in [6.07, 6.45) is 1.80. The number of amidine groups is 1. The lowest BCUT2D eigenvalue weighted by atomic mass is 10.0. The van der Waals surface area contributed by atoms with Gasteiger partial charge in [-0.05, 0) is 42.0 Å². The number of carbonyl (C=O) groups is 1. The molecule has 1 saturated heterocycles. The average molecular weight is 558 g/mol. The summed E-state index contributed by atoms with van der Waals surface area (Å²) < 4.78 is 29.8. The van der Waals surface area contributed by atoms with E-state index in [0.717, 1.165) is 23.3 Å². The highest BCUT2D eigenvalue weighted by Crippen LogP contribution is 2.51. The zero-order chi connectivity index (χ0) is 28.2. The SMILES string of the molecule is C=C=C(N)c1csc(CNC(=O)[C@@H]2CC3CC3N2C(=C)CN=C(N)c2ccc3c(c2)-c2ccccc2C3(F)F)c1. The molecule has 1 saturated carbocycles. The number of alkyl halides is 2. The van der Waals surface area contributed by atoms with E-state index in [1.165, 1.54) is 23.5 Å². The topological polar surface area (TPSA) is 96.7 Å². The molecule has 0 radical (unpaired) electrons. The second kappa shape index (κ2) is 9.77. The van der Waals surface area contributed by atoms with Gasteiger partial charge in [0.1, 0.15) is 11.9 Å². The van der Waals surface area contributed by atoms with Crippen molar-refractivity contribution in [1.29, 1.82) is 0 Å². The molecule has 9 heteroatoms. The van der Waals surface area contributed by atoms with Crippen LogP contribution in [-0.4, -0.2) is 35.3 Å². The molecule has 2 unspecified atom stereocenters. The summed E-state index contributed by atoms with van der Waals surface area (Å²) in [4.78, 5) is 20.8. The Kier molecular flexibility index (Phi) is 6.36. The molecule has 1 aliphatic heterocycles. The third kappa shape index (κ3) is 4.41. The van der Waals surface area contributed by atoms with E-state index in [1.54, 1.807) is 30.3 Å². The zero-order valence-corrected chi connectivity index (χ0v) is 22.6. The molecule has 2 heterocycles. The number of hydrogen-bond acceptors (Lipinski definition) is 5. The smallest absolute Gasteiger partial charge is 0.299 e. The summed E-state index contributed by atoms with van der Waals surface area (Å²) >= 11 is 1.52. The maximum Gasteiger partial charge on any atom is 0.299 e. The van der Waals surface area contributed by atoms with Crippen molar-refractivity contribution < 1.29 is 13.6 Å². The number of nitrogens with one attached hydrogen (secondary N) is 1. The van der Waals surface area contributed by atoms with Crippen molar-refractivity contribution in [2.75, 3.05) is 6.54 Å². The fraction of sp³-hybridized carbons (Fsp3) is 0.258. The van der Waals surface area contributed by atoms with E-state index in [2.05, 4.69) is 34.1 Å². The highest BCUT2D eigenvalue weighted by atomic mass is 32.1. The molecule has 204 valence electrons. The molecule has 0 bridgehead atoms. The van der Waals surface area contributed by atoms with Crippen LogP contribution in [0.3, 0.4) is 0 Å². The Morgan fingerprint density at radius 1 is 1.12 bits per heavy atom. The molecule has 6 nitrogen and oxygen atoms in total. The number of halogens is 2. The molecule has 5 N–H and O–H groups in total. The van der Waals surface area contributed by atoms with Crippen LogP contribution in [0.4, 0.5) is 8.78 Å². The molecule has 0 spiro atoms. The molecule has 2 aliphatic carbocycles. The summed E-state index contributed by atoms with van der Waals surface area (Å²) in [7, 11) is 0. The van der Waals surface area contributed by atoms with Crippen molar-refractivity contribution in [3.8, 4) is 11.1 Å². The standard InChI is InChI=1S/C31H29F2N5OS/c1-3-26(34)20-10-21(40-16-20)15-37-30(39)28-13-19-12-27(19)38(28)17(2)14-36-29(35)18-8-9-25-23(11-18)22-6-4-5-7-24(22)31(25,32)33/h4-11,16,19,27-28H,1-2,12-15,34H2,(H2,35,36)(H,37,39)/t19?,27?,28-/m0/s1. The van der Waals surface area contributed by atoms with Crippen LogP contribution in [0.1, 0.15) is 40.0 Å². The number of carbonyl (C=O) groups excluding carboxylic acids is 1. The highest BCUT2D eigenvalue weighted by molar-refractivity contribution is 7.10. The van der Waals surface area contributed by atoms with Crippen LogP contribution in [-0.2, 0) is 17.3 Å². The molecular weight excluding hydrogens is 528 g/mol. The van der Waals surface area contributed by atoms with Crippen LogP contribution in [0.25, 0.3) is 16.8 Å². The number of nitrogens with two attached hydrogens (primary N) is 2. The van der Waals surface area contributed by atoms with E-state index in [-0.39, 0.29) is 41.5 Å². The molecular formula is C31H29F2N5OS. The lowest BCUT2D eigenvalue weighted by Gasteiger charge is -2.29. The number of piperidine rings is 1. The fourth-order valence-corrected chi connectivity index (χ4v) is 6.66. The minimum Gasteiger partial charge on any atom is -0.392 e. The Morgan fingerprint density at radius 3 is 2.70 bits per heavy atom. The molecule has 2 aromatic carbocycles. The van der Waals surface area contributed by atoms with Crippen LogP contribution < -0.4 is 16.8 Å². The van der Waals surface area contributed by atoms with Gasteiger partial charge in [-0.15, -0.1) is 17.1 Å². The van der Waals surface area contributed by atoms with E-state index in [0.29, 0.717) is 40.5 Å². The van der Waals surface area contributed by atoms with Crippen molar-refractivity contribution in [3.05, 3.63) is 106 Å². The van der Waals surface area contributed by atoms with Gasteiger partial charge in [0.05, 0.1) is 18.8 Å². The van der Waals surface area contributed by atoms with Gasteiger partial charge in [-0.3, -0.25) is 9.79 Å². The minimum absolute atomic E-state index is 0.000581. The van der Waals surface area contributed by atoms with Gasteiger partial charge in [-0.25, -0.2) is 0 Å². The van der Waals surface area contributed by atoms with Gasteiger partial charge < -0.3 is 21.7 Å². The van der Waals surface area contributed by atoms with Gasteiger partial charge in [-0.2, -0.15) is 8.78 Å². The van der Waals surface area contributed by atoms with E-state index in [1.807, 2.05) is 11.4 Å². The number of aliphatic imine (C=N–C) groups is 1. The van der Waals surface area contributed by atoms with E-state index in [9.17, 15) is 13.6 Å². The average Bonchev–Trinajstić information content (AvgIpc) is 3.29. The van der Waals surface area contributed by atoms with E-state index in [4.69, 9.17) is 11.5 Å². The monoisotopic (exact) mass is 557 g/mol. The number of amides is 1. The molecule has 3 atom stereocenters. The normalized spacial score (nSPS) is 21.7. The summed E-state index contributed by atoms with van der Waals surface area (Å²) in [5, 5.41) is 4.97. The van der Waals surface area contributed by atoms with Gasteiger partial charge in [-0.1, -0.05) is 49.6 Å². The lowest BCUT2D eigenvalue weighted by molar-refractivity contribution is -0.125. The summed E-state index contributed by atoms with van der Waals surface area (Å²) in [5.74, 6) is -2.38. The number of likely N-dealkylation sites (tertiary alicyclic amines) is 1. The first-order valence-electron chi connectivity index (χ1n) is 13.1. The van der Waals surface area contributed by atoms with Gasteiger partial charge in [0.2, 0.25) is 5.91 Å². The van der Waals surface area contributed by atoms with Crippen molar-refractivity contribution >= 4 is 28.8 Å². The van der Waals surface area contributed by atoms with Crippen molar-refractivity contribution in [2.45, 2.75) is 37.4 Å². The molecule has 3 aromatic rings. The van der Waals surface area contributed by atoms with Crippen LogP contribution in [0.15, 0.2) is 83.5 Å². The lowest BCUT2D eigenvalue weighted by Crippen LogP contribution is -2.44.